The van der Waals surface area contributed by atoms with Crippen molar-refractivity contribution in [3.63, 3.8) is 0 Å². The number of carbonyl (C=O) groups is 2. The standard InChI is InChI=1S/C20H27N3O2/c1-5-19(24)22-18-11-9-17(10-12-18)20(25)23-21-14-13-16(4)8-6-7-15(2)3/h7,9-14H,5-6,8H2,1-4H3,(H,22,24)(H,23,25)/b16-13-,21-14?. The summed E-state index contributed by atoms with van der Waals surface area (Å²) >= 11 is 0. The number of amides is 2. The lowest BCUT2D eigenvalue weighted by Crippen LogP contribution is -2.17. The van der Waals surface area contributed by atoms with Crippen molar-refractivity contribution < 1.29 is 9.59 Å². The Bertz CT molecular complexity index is 667. The summed E-state index contributed by atoms with van der Waals surface area (Å²) in [6.07, 6.45) is 8.07. The van der Waals surface area contributed by atoms with Crippen LogP contribution in [0.1, 0.15) is 57.3 Å². The predicted octanol–water partition coefficient (Wildman–Crippen LogP) is 4.44. The van der Waals surface area contributed by atoms with Gasteiger partial charge in [-0.05, 0) is 64.0 Å². The van der Waals surface area contributed by atoms with Gasteiger partial charge in [-0.2, -0.15) is 5.10 Å². The van der Waals surface area contributed by atoms with Gasteiger partial charge in [-0.1, -0.05) is 24.1 Å². The van der Waals surface area contributed by atoms with Crippen LogP contribution in [0.25, 0.3) is 0 Å². The lowest BCUT2D eigenvalue weighted by molar-refractivity contribution is -0.115. The number of hydrazone groups is 1. The van der Waals surface area contributed by atoms with E-state index in [4.69, 9.17) is 0 Å². The minimum atomic E-state index is -0.291. The number of carbonyl (C=O) groups excluding carboxylic acids is 2. The van der Waals surface area contributed by atoms with E-state index < -0.39 is 0 Å². The lowest BCUT2D eigenvalue weighted by Gasteiger charge is -2.04. The fourth-order valence-electron chi connectivity index (χ4n) is 1.95. The third-order valence-electron chi connectivity index (χ3n) is 3.44. The molecule has 0 aliphatic carbocycles. The van der Waals surface area contributed by atoms with Crippen LogP contribution in [0.2, 0.25) is 0 Å². The summed E-state index contributed by atoms with van der Waals surface area (Å²) in [5, 5.41) is 6.66. The number of allylic oxidation sites excluding steroid dienone is 4. The molecular formula is C20H27N3O2. The van der Waals surface area contributed by atoms with Gasteiger partial charge in [0.25, 0.3) is 5.91 Å². The zero-order valence-electron chi connectivity index (χ0n) is 15.4. The van der Waals surface area contributed by atoms with Crippen molar-refractivity contribution in [2.24, 2.45) is 5.10 Å². The summed E-state index contributed by atoms with van der Waals surface area (Å²) < 4.78 is 0. The Hall–Kier alpha value is -2.69. The van der Waals surface area contributed by atoms with E-state index in [0.29, 0.717) is 17.7 Å². The zero-order valence-corrected chi connectivity index (χ0v) is 15.4. The Morgan fingerprint density at radius 2 is 1.80 bits per heavy atom. The molecule has 0 aliphatic heterocycles. The second kappa shape index (κ2) is 11.0. The molecule has 134 valence electrons. The van der Waals surface area contributed by atoms with Gasteiger partial charge >= 0.3 is 0 Å². The maximum absolute atomic E-state index is 12.0. The molecule has 1 rings (SSSR count). The van der Waals surface area contributed by atoms with Gasteiger partial charge in [0.05, 0.1) is 0 Å². The first kappa shape index (κ1) is 20.4. The molecule has 2 amide bonds. The van der Waals surface area contributed by atoms with E-state index in [2.05, 4.69) is 35.8 Å². The van der Waals surface area contributed by atoms with Crippen LogP contribution in [-0.2, 0) is 4.79 Å². The molecule has 0 aliphatic rings. The van der Waals surface area contributed by atoms with Crippen molar-refractivity contribution in [2.45, 2.75) is 47.0 Å². The minimum Gasteiger partial charge on any atom is -0.326 e. The number of rotatable bonds is 8. The smallest absolute Gasteiger partial charge is 0.271 e. The second-order valence-electron chi connectivity index (χ2n) is 6.03. The molecule has 0 heterocycles. The molecular weight excluding hydrogens is 314 g/mol. The second-order valence-corrected chi connectivity index (χ2v) is 6.03. The molecule has 25 heavy (non-hydrogen) atoms. The van der Waals surface area contributed by atoms with Gasteiger partial charge in [0.2, 0.25) is 5.91 Å². The van der Waals surface area contributed by atoms with Gasteiger partial charge in [-0.25, -0.2) is 5.43 Å². The quantitative estimate of drug-likeness (QED) is 0.417. The number of nitrogens with one attached hydrogen (secondary N) is 2. The molecule has 0 fully saturated rings. The van der Waals surface area contributed by atoms with E-state index in [1.54, 1.807) is 37.4 Å². The Kier molecular flexibility index (Phi) is 8.93. The maximum atomic E-state index is 12.0. The molecule has 0 radical (unpaired) electrons. The Labute approximate surface area is 149 Å². The van der Waals surface area contributed by atoms with Crippen LogP contribution < -0.4 is 10.7 Å². The van der Waals surface area contributed by atoms with Gasteiger partial charge in [0.1, 0.15) is 0 Å². The zero-order chi connectivity index (χ0) is 18.7. The Balaban J connectivity index is 2.48. The van der Waals surface area contributed by atoms with Gasteiger partial charge in [-0.15, -0.1) is 0 Å². The summed E-state index contributed by atoms with van der Waals surface area (Å²) in [4.78, 5) is 23.3. The number of anilines is 1. The summed E-state index contributed by atoms with van der Waals surface area (Å²) in [5.41, 5.74) is 6.15. The minimum absolute atomic E-state index is 0.0615. The number of nitrogens with zero attached hydrogens (tertiary/aromatic N) is 1. The highest BCUT2D eigenvalue weighted by Gasteiger charge is 2.04. The van der Waals surface area contributed by atoms with E-state index in [0.717, 1.165) is 12.8 Å². The number of hydrogen-bond acceptors (Lipinski definition) is 3. The normalized spacial score (nSPS) is 11.3. The molecule has 0 atom stereocenters. The molecule has 1 aromatic carbocycles. The third-order valence-corrected chi connectivity index (χ3v) is 3.44. The van der Waals surface area contributed by atoms with Crippen molar-refractivity contribution in [2.75, 3.05) is 5.32 Å². The van der Waals surface area contributed by atoms with E-state index >= 15 is 0 Å². The first-order chi connectivity index (χ1) is 11.9. The van der Waals surface area contributed by atoms with Crippen LogP contribution in [-0.4, -0.2) is 18.0 Å². The fourth-order valence-corrected chi connectivity index (χ4v) is 1.95. The highest BCUT2D eigenvalue weighted by Crippen LogP contribution is 2.10. The fraction of sp³-hybridized carbons (Fsp3) is 0.350. The largest absolute Gasteiger partial charge is 0.326 e. The van der Waals surface area contributed by atoms with Gasteiger partial charge in [0.15, 0.2) is 0 Å². The molecule has 0 unspecified atom stereocenters. The average molecular weight is 341 g/mol. The monoisotopic (exact) mass is 341 g/mol. The number of hydrogen-bond donors (Lipinski definition) is 2. The van der Waals surface area contributed by atoms with E-state index in [-0.39, 0.29) is 11.8 Å². The van der Waals surface area contributed by atoms with Crippen molar-refractivity contribution >= 4 is 23.7 Å². The van der Waals surface area contributed by atoms with E-state index in [1.807, 2.05) is 13.0 Å². The van der Waals surface area contributed by atoms with Crippen molar-refractivity contribution in [3.8, 4) is 0 Å². The Morgan fingerprint density at radius 1 is 1.12 bits per heavy atom. The molecule has 2 N–H and O–H groups in total. The topological polar surface area (TPSA) is 70.6 Å². The highest BCUT2D eigenvalue weighted by atomic mass is 16.2. The molecule has 0 saturated heterocycles. The van der Waals surface area contributed by atoms with Crippen molar-refractivity contribution in [1.82, 2.24) is 5.43 Å². The highest BCUT2D eigenvalue weighted by molar-refractivity contribution is 5.96. The maximum Gasteiger partial charge on any atom is 0.271 e. The summed E-state index contributed by atoms with van der Waals surface area (Å²) in [6.45, 7) is 7.99. The number of benzene rings is 1. The van der Waals surface area contributed by atoms with Crippen LogP contribution in [0.5, 0.6) is 0 Å². The average Bonchev–Trinajstić information content (AvgIpc) is 2.58. The van der Waals surface area contributed by atoms with Crippen molar-refractivity contribution in [3.05, 3.63) is 53.1 Å². The van der Waals surface area contributed by atoms with Crippen molar-refractivity contribution in [1.29, 1.82) is 0 Å². The first-order valence-electron chi connectivity index (χ1n) is 8.44. The van der Waals surface area contributed by atoms with E-state index in [1.165, 1.54) is 11.1 Å². The first-order valence-corrected chi connectivity index (χ1v) is 8.44. The predicted molar refractivity (Wildman–Crippen MR) is 104 cm³/mol. The van der Waals surface area contributed by atoms with Crippen LogP contribution in [0.15, 0.2) is 52.7 Å². The molecule has 0 bridgehead atoms. The molecule has 0 spiro atoms. The van der Waals surface area contributed by atoms with Gasteiger partial charge in [-0.3, -0.25) is 9.59 Å². The summed E-state index contributed by atoms with van der Waals surface area (Å²) in [7, 11) is 0. The van der Waals surface area contributed by atoms with Gasteiger partial charge in [0, 0.05) is 23.9 Å². The van der Waals surface area contributed by atoms with E-state index in [9.17, 15) is 9.59 Å². The van der Waals surface area contributed by atoms with Crippen LogP contribution in [0.4, 0.5) is 5.69 Å². The molecule has 5 nitrogen and oxygen atoms in total. The Morgan fingerprint density at radius 3 is 2.40 bits per heavy atom. The molecule has 0 aromatic heterocycles. The van der Waals surface area contributed by atoms with Gasteiger partial charge < -0.3 is 5.32 Å². The SMILES string of the molecule is CCC(=O)Nc1ccc(C(=O)NN=C/C=C(/C)CCC=C(C)C)cc1. The van der Waals surface area contributed by atoms with Crippen LogP contribution in [0.3, 0.4) is 0 Å². The van der Waals surface area contributed by atoms with Crippen LogP contribution >= 0.6 is 0 Å². The molecule has 1 aromatic rings. The molecule has 5 heteroatoms. The third kappa shape index (κ3) is 8.65. The lowest BCUT2D eigenvalue weighted by atomic mass is 10.1. The van der Waals surface area contributed by atoms with Crippen LogP contribution in [0, 0.1) is 0 Å². The summed E-state index contributed by atoms with van der Waals surface area (Å²) in [6, 6.07) is 6.69. The summed E-state index contributed by atoms with van der Waals surface area (Å²) in [5.74, 6) is -0.353. The molecule has 0 saturated carbocycles.